The van der Waals surface area contributed by atoms with Gasteiger partial charge < -0.3 is 24.1 Å². The fraction of sp³-hybridized carbons (Fsp3) is 0.964. The molecule has 1 aliphatic rings. The van der Waals surface area contributed by atoms with Gasteiger partial charge in [-0.2, -0.15) is 0 Å². The second-order valence-electron chi connectivity index (χ2n) is 29.6. The van der Waals surface area contributed by atoms with Gasteiger partial charge in [0.15, 0.2) is 0 Å². The maximum absolute atomic E-state index is 14.1. The van der Waals surface area contributed by atoms with Gasteiger partial charge in [-0.1, -0.05) is 375 Å². The maximum Gasteiger partial charge on any atom is 0.309 e. The summed E-state index contributed by atoms with van der Waals surface area (Å²) in [6, 6.07) is 0. The highest BCUT2D eigenvalue weighted by Crippen LogP contribution is 2.35. The van der Waals surface area contributed by atoms with Crippen molar-refractivity contribution in [2.24, 2.45) is 17.8 Å². The molecule has 0 heterocycles. The average Bonchev–Trinajstić information content (AvgIpc) is 3.74. The van der Waals surface area contributed by atoms with Crippen molar-refractivity contribution in [2.45, 2.75) is 458 Å². The van der Waals surface area contributed by atoms with Crippen molar-refractivity contribution in [2.75, 3.05) is 39.3 Å². The van der Waals surface area contributed by atoms with E-state index in [4.69, 9.17) is 9.47 Å². The van der Waals surface area contributed by atoms with Crippen molar-refractivity contribution < 1.29 is 23.9 Å². The number of hydrogen-bond acceptors (Lipinski definition) is 7. The smallest absolute Gasteiger partial charge is 0.309 e. The molecule has 90 heavy (non-hydrogen) atoms. The summed E-state index contributed by atoms with van der Waals surface area (Å²) in [5, 5.41) is 0. The number of carbonyl (C=O) groups is 3. The lowest BCUT2D eigenvalue weighted by Gasteiger charge is -2.32. The van der Waals surface area contributed by atoms with Crippen LogP contribution in [0.2, 0.25) is 0 Å². The van der Waals surface area contributed by atoms with Gasteiger partial charge in [0.2, 0.25) is 0 Å². The van der Waals surface area contributed by atoms with Crippen LogP contribution in [0, 0.1) is 17.8 Å². The van der Waals surface area contributed by atoms with Crippen molar-refractivity contribution in [1.29, 1.82) is 0 Å². The van der Waals surface area contributed by atoms with Crippen LogP contribution < -0.4 is 0 Å². The van der Waals surface area contributed by atoms with Crippen LogP contribution in [0.1, 0.15) is 446 Å². The lowest BCUT2D eigenvalue weighted by molar-refractivity contribution is -0.162. The average molecular weight is 1270 g/mol. The Bertz CT molecular complexity index is 1310. The largest absolute Gasteiger partial charge is 0.462 e. The minimum absolute atomic E-state index is 0.156. The van der Waals surface area contributed by atoms with Crippen molar-refractivity contribution in [3.05, 3.63) is 0 Å². The van der Waals surface area contributed by atoms with Crippen molar-refractivity contribution >= 4 is 18.2 Å². The highest BCUT2D eigenvalue weighted by atomic mass is 16.5. The first-order valence-electron chi connectivity index (χ1n) is 41.7. The van der Waals surface area contributed by atoms with Gasteiger partial charge in [-0.15, -0.1) is 0 Å². The first-order chi connectivity index (χ1) is 44.3. The third-order valence-electron chi connectivity index (χ3n) is 20.9. The van der Waals surface area contributed by atoms with Gasteiger partial charge in [0, 0.05) is 19.0 Å². The van der Waals surface area contributed by atoms with E-state index in [1.54, 1.807) is 0 Å². The lowest BCUT2D eigenvalue weighted by Crippen LogP contribution is -2.37. The standard InChI is InChI=1S/C83H162N2O5/c1-7-13-17-21-25-29-33-37-41-45-49-53-57-61-67-84(68-62-58-54-50-46-42-38-34-30-26-22-18-14-8-2)71-65-80(11-5)89-82(87)78-73-77(76-86)74-79(75-78)83(88)90-81(12-6)66-72-85(69-63-59-55-51-47-43-39-35-31-27-23-19-15-9-3)70-64-60-56-52-48-44-40-36-32-28-24-20-16-10-4/h76-81H,7-75H2,1-6H3/t77?,78-,79?,80?,81?/m1/s1. The molecule has 4 unspecified atom stereocenters. The summed E-state index contributed by atoms with van der Waals surface area (Å²) in [4.78, 5) is 46.0. The van der Waals surface area contributed by atoms with Crippen LogP contribution >= 0.6 is 0 Å². The SMILES string of the molecule is CCCCCCCCCCCCCCCCN(CCCCCCCCCCCCCCCC)CCC(CC)OC(=O)C1CC(C=O)C[C@@H](C(=O)OC(CC)CCN(CCCCCCCCCCCCCCCC)CCCCCCCCCCCCCCCC)C1. The third-order valence-corrected chi connectivity index (χ3v) is 20.9. The number of hydrogen-bond donors (Lipinski definition) is 0. The predicted molar refractivity (Wildman–Crippen MR) is 394 cm³/mol. The Labute approximate surface area is 564 Å². The Morgan fingerprint density at radius 1 is 0.289 bits per heavy atom. The molecular weight excluding hydrogens is 1100 g/mol. The van der Waals surface area contributed by atoms with Gasteiger partial charge in [0.1, 0.15) is 18.5 Å². The van der Waals surface area contributed by atoms with Crippen LogP contribution in [0.15, 0.2) is 0 Å². The Kier molecular flexibility index (Phi) is 66.3. The molecule has 1 saturated carbocycles. The van der Waals surface area contributed by atoms with Gasteiger partial charge in [0.25, 0.3) is 0 Å². The molecule has 0 saturated heterocycles. The molecule has 7 nitrogen and oxygen atoms in total. The lowest BCUT2D eigenvalue weighted by atomic mass is 9.75. The zero-order valence-electron chi connectivity index (χ0n) is 62.2. The van der Waals surface area contributed by atoms with Gasteiger partial charge in [0.05, 0.1) is 11.8 Å². The number of nitrogens with zero attached hydrogens (tertiary/aromatic N) is 2. The van der Waals surface area contributed by atoms with Crippen LogP contribution in [0.4, 0.5) is 0 Å². The molecule has 0 radical (unpaired) electrons. The van der Waals surface area contributed by atoms with E-state index in [2.05, 4.69) is 51.3 Å². The second-order valence-corrected chi connectivity index (χ2v) is 29.6. The van der Waals surface area contributed by atoms with Gasteiger partial charge in [-0.25, -0.2) is 0 Å². The molecule has 534 valence electrons. The Morgan fingerprint density at radius 2 is 0.478 bits per heavy atom. The number of unbranched alkanes of at least 4 members (excludes halogenated alkanes) is 52. The molecule has 1 rings (SSSR count). The number of aldehydes is 1. The normalized spacial score (nSPS) is 15.9. The molecule has 1 fully saturated rings. The highest BCUT2D eigenvalue weighted by molar-refractivity contribution is 5.78. The van der Waals surface area contributed by atoms with E-state index in [9.17, 15) is 14.4 Å². The van der Waals surface area contributed by atoms with Crippen LogP contribution in [-0.2, 0) is 23.9 Å². The fourth-order valence-electron chi connectivity index (χ4n) is 14.5. The molecule has 0 N–H and O–H groups in total. The number of esters is 2. The van der Waals surface area contributed by atoms with Gasteiger partial charge in [-0.3, -0.25) is 9.59 Å². The Morgan fingerprint density at radius 3 is 0.656 bits per heavy atom. The van der Waals surface area contributed by atoms with E-state index < -0.39 is 11.8 Å². The third kappa shape index (κ3) is 55.8. The summed E-state index contributed by atoms with van der Waals surface area (Å²) >= 11 is 0. The number of rotatable bonds is 73. The molecule has 0 aromatic carbocycles. The van der Waals surface area contributed by atoms with Crippen molar-refractivity contribution in [3.8, 4) is 0 Å². The molecule has 0 aromatic heterocycles. The first-order valence-corrected chi connectivity index (χ1v) is 41.7. The van der Waals surface area contributed by atoms with Crippen LogP contribution in [0.3, 0.4) is 0 Å². The molecular formula is C83H162N2O5. The van der Waals surface area contributed by atoms with E-state index in [1.807, 2.05) is 0 Å². The fourth-order valence-corrected chi connectivity index (χ4v) is 14.5. The highest BCUT2D eigenvalue weighted by Gasteiger charge is 2.39. The topological polar surface area (TPSA) is 76.1 Å². The number of carbonyl (C=O) groups excluding carboxylic acids is 3. The van der Waals surface area contributed by atoms with Crippen LogP contribution in [0.5, 0.6) is 0 Å². The molecule has 0 bridgehead atoms. The summed E-state index contributed by atoms with van der Waals surface area (Å²) < 4.78 is 12.7. The number of ether oxygens (including phenoxy) is 2. The zero-order valence-corrected chi connectivity index (χ0v) is 62.2. The predicted octanol–water partition coefficient (Wildman–Crippen LogP) is 26.2. The molecule has 0 spiro atoms. The second kappa shape index (κ2) is 68.9. The van der Waals surface area contributed by atoms with Gasteiger partial charge >= 0.3 is 11.9 Å². The zero-order chi connectivity index (χ0) is 65.1. The quantitative estimate of drug-likeness (QED) is 0.0341. The summed E-state index contributed by atoms with van der Waals surface area (Å²) in [5.41, 5.74) is 0. The van der Waals surface area contributed by atoms with E-state index in [0.29, 0.717) is 19.3 Å². The first kappa shape index (κ1) is 86.5. The van der Waals surface area contributed by atoms with Gasteiger partial charge in [-0.05, 0) is 96.8 Å². The monoisotopic (exact) mass is 1270 g/mol. The minimum atomic E-state index is -0.450. The Balaban J connectivity index is 2.75. The van der Waals surface area contributed by atoms with Crippen LogP contribution in [0.25, 0.3) is 0 Å². The van der Waals surface area contributed by atoms with Crippen LogP contribution in [-0.4, -0.2) is 79.5 Å². The molecule has 1 aliphatic carbocycles. The van der Waals surface area contributed by atoms with Crippen molar-refractivity contribution in [1.82, 2.24) is 9.80 Å². The van der Waals surface area contributed by atoms with E-state index in [-0.39, 0.29) is 30.1 Å². The summed E-state index contributed by atoms with van der Waals surface area (Å²) in [6.45, 7) is 19.9. The maximum atomic E-state index is 14.1. The molecule has 0 amide bonds. The van der Waals surface area contributed by atoms with E-state index in [0.717, 1.165) is 71.2 Å². The minimum Gasteiger partial charge on any atom is -0.462 e. The summed E-state index contributed by atoms with van der Waals surface area (Å²) in [5.74, 6) is -1.66. The Hall–Kier alpha value is -1.47. The molecule has 7 heteroatoms. The molecule has 0 aliphatic heterocycles. The molecule has 5 atom stereocenters. The molecule has 0 aromatic rings. The summed E-state index contributed by atoms with van der Waals surface area (Å²) in [6.07, 6.45) is 82.5. The summed E-state index contributed by atoms with van der Waals surface area (Å²) in [7, 11) is 0. The van der Waals surface area contributed by atoms with E-state index in [1.165, 1.54) is 360 Å². The van der Waals surface area contributed by atoms with Crippen molar-refractivity contribution in [3.63, 3.8) is 0 Å². The van der Waals surface area contributed by atoms with E-state index >= 15 is 0 Å².